The Morgan fingerprint density at radius 3 is 2.77 bits per heavy atom. The molecule has 0 aliphatic carbocycles. The molecule has 0 unspecified atom stereocenters. The van der Waals surface area contributed by atoms with Crippen molar-refractivity contribution in [2.24, 2.45) is 5.73 Å². The molecule has 1 amide bonds. The number of aromatic nitrogens is 3. The smallest absolute Gasteiger partial charge is 0.255 e. The van der Waals surface area contributed by atoms with Crippen LogP contribution in [-0.4, -0.2) is 20.7 Å². The maximum Gasteiger partial charge on any atom is 0.255 e. The molecular formula is C20H17N5O. The van der Waals surface area contributed by atoms with E-state index in [1.54, 1.807) is 29.5 Å². The van der Waals surface area contributed by atoms with Gasteiger partial charge in [0.1, 0.15) is 0 Å². The molecule has 0 saturated carbocycles. The first-order valence-electron chi connectivity index (χ1n) is 8.23. The van der Waals surface area contributed by atoms with Crippen LogP contribution in [0.1, 0.15) is 15.9 Å². The molecule has 0 fully saturated rings. The fourth-order valence-corrected chi connectivity index (χ4v) is 2.89. The normalized spacial score (nSPS) is 10.8. The molecule has 3 N–H and O–H groups in total. The average Bonchev–Trinajstić information content (AvgIpc) is 3.16. The highest BCUT2D eigenvalue weighted by Gasteiger charge is 2.10. The monoisotopic (exact) mass is 343 g/mol. The average molecular weight is 343 g/mol. The number of carbonyl (C=O) groups excluding carboxylic acids is 1. The first-order valence-corrected chi connectivity index (χ1v) is 8.23. The number of benzene rings is 2. The van der Waals surface area contributed by atoms with E-state index in [2.05, 4.69) is 15.4 Å². The predicted octanol–water partition coefficient (Wildman–Crippen LogP) is 3.13. The third kappa shape index (κ3) is 3.05. The number of pyridine rings is 1. The zero-order chi connectivity index (χ0) is 17.9. The number of anilines is 1. The van der Waals surface area contributed by atoms with E-state index < -0.39 is 0 Å². The van der Waals surface area contributed by atoms with Crippen molar-refractivity contribution in [3.05, 3.63) is 84.4 Å². The van der Waals surface area contributed by atoms with Crippen LogP contribution in [0.3, 0.4) is 0 Å². The fraction of sp³-hybridized carbons (Fsp3) is 0.0500. The van der Waals surface area contributed by atoms with Crippen LogP contribution in [0.5, 0.6) is 0 Å². The van der Waals surface area contributed by atoms with Gasteiger partial charge in [0.25, 0.3) is 5.91 Å². The summed E-state index contributed by atoms with van der Waals surface area (Å²) < 4.78 is 1.68. The third-order valence-electron chi connectivity index (χ3n) is 4.22. The molecule has 128 valence electrons. The highest BCUT2D eigenvalue weighted by molar-refractivity contribution is 6.06. The molecule has 2 aromatic heterocycles. The van der Waals surface area contributed by atoms with Crippen molar-refractivity contribution in [2.45, 2.75) is 6.54 Å². The Kier molecular flexibility index (Phi) is 4.17. The lowest BCUT2D eigenvalue weighted by Crippen LogP contribution is -2.11. The number of amides is 1. The number of nitrogens with two attached hydrogens (primary N) is 1. The quantitative estimate of drug-likeness (QED) is 0.596. The van der Waals surface area contributed by atoms with Crippen LogP contribution >= 0.6 is 0 Å². The minimum Gasteiger partial charge on any atom is -0.326 e. The lowest BCUT2D eigenvalue weighted by Gasteiger charge is -2.07. The van der Waals surface area contributed by atoms with Crippen molar-refractivity contribution < 1.29 is 4.79 Å². The molecule has 4 aromatic rings. The van der Waals surface area contributed by atoms with Gasteiger partial charge in [-0.1, -0.05) is 24.3 Å². The highest BCUT2D eigenvalue weighted by Crippen LogP contribution is 2.21. The van der Waals surface area contributed by atoms with E-state index in [1.807, 2.05) is 48.5 Å². The van der Waals surface area contributed by atoms with Crippen LogP contribution in [0.4, 0.5) is 5.69 Å². The second-order valence-electron chi connectivity index (χ2n) is 5.89. The number of fused-ring (bicyclic) bond motifs is 1. The van der Waals surface area contributed by atoms with E-state index in [0.29, 0.717) is 17.8 Å². The van der Waals surface area contributed by atoms with Gasteiger partial charge in [-0.05, 0) is 40.6 Å². The van der Waals surface area contributed by atoms with Crippen molar-refractivity contribution >= 4 is 22.4 Å². The SMILES string of the molecule is NCc1cccc2ccc(C(=O)Nc3cnn(-c4ccncc4)c3)cc12. The molecule has 0 aliphatic rings. The standard InChI is InChI=1S/C20H17N5O/c21-11-16-3-1-2-14-4-5-15(10-19(14)16)20(26)24-17-12-23-25(13-17)18-6-8-22-9-7-18/h1-10,12-13H,11,21H2,(H,24,26). The summed E-state index contributed by atoms with van der Waals surface area (Å²) in [4.78, 5) is 16.6. The number of hydrogen-bond donors (Lipinski definition) is 2. The summed E-state index contributed by atoms with van der Waals surface area (Å²) in [6, 6.07) is 15.3. The van der Waals surface area contributed by atoms with Gasteiger partial charge in [0.2, 0.25) is 0 Å². The predicted molar refractivity (Wildman–Crippen MR) is 101 cm³/mol. The number of rotatable bonds is 4. The molecule has 26 heavy (non-hydrogen) atoms. The zero-order valence-corrected chi connectivity index (χ0v) is 14.0. The molecule has 6 heteroatoms. The number of carbonyl (C=O) groups is 1. The minimum absolute atomic E-state index is 0.187. The molecule has 0 aliphatic heterocycles. The van der Waals surface area contributed by atoms with Gasteiger partial charge in [-0.15, -0.1) is 0 Å². The molecular weight excluding hydrogens is 326 g/mol. The number of nitrogens with one attached hydrogen (secondary N) is 1. The molecule has 0 radical (unpaired) electrons. The second-order valence-corrected chi connectivity index (χ2v) is 5.89. The van der Waals surface area contributed by atoms with Crippen LogP contribution in [-0.2, 0) is 6.54 Å². The summed E-state index contributed by atoms with van der Waals surface area (Å²) in [6.07, 6.45) is 6.77. The van der Waals surface area contributed by atoms with E-state index in [9.17, 15) is 4.79 Å². The summed E-state index contributed by atoms with van der Waals surface area (Å²) in [6.45, 7) is 0.432. The van der Waals surface area contributed by atoms with Crippen molar-refractivity contribution in [1.82, 2.24) is 14.8 Å². The zero-order valence-electron chi connectivity index (χ0n) is 14.0. The van der Waals surface area contributed by atoms with Gasteiger partial charge in [0.05, 0.1) is 23.8 Å². The van der Waals surface area contributed by atoms with E-state index in [-0.39, 0.29) is 5.91 Å². The lowest BCUT2D eigenvalue weighted by molar-refractivity contribution is 0.102. The van der Waals surface area contributed by atoms with E-state index in [1.165, 1.54) is 0 Å². The van der Waals surface area contributed by atoms with Crippen molar-refractivity contribution in [3.63, 3.8) is 0 Å². The maximum atomic E-state index is 12.6. The maximum absolute atomic E-state index is 12.6. The van der Waals surface area contributed by atoms with E-state index in [0.717, 1.165) is 22.0 Å². The van der Waals surface area contributed by atoms with E-state index in [4.69, 9.17) is 5.73 Å². The molecule has 6 nitrogen and oxygen atoms in total. The molecule has 2 heterocycles. The molecule has 0 saturated heterocycles. The van der Waals surface area contributed by atoms with Crippen LogP contribution in [0, 0.1) is 0 Å². The Labute approximate surface area is 150 Å². The Morgan fingerprint density at radius 1 is 1.12 bits per heavy atom. The van der Waals surface area contributed by atoms with E-state index >= 15 is 0 Å². The molecule has 2 aromatic carbocycles. The highest BCUT2D eigenvalue weighted by atomic mass is 16.1. The van der Waals surface area contributed by atoms with Crippen LogP contribution in [0.25, 0.3) is 16.5 Å². The van der Waals surface area contributed by atoms with Gasteiger partial charge in [-0.25, -0.2) is 4.68 Å². The second kappa shape index (κ2) is 6.78. The molecule has 0 spiro atoms. The molecule has 4 rings (SSSR count). The van der Waals surface area contributed by atoms with Gasteiger partial charge in [0, 0.05) is 24.5 Å². The minimum atomic E-state index is -0.187. The van der Waals surface area contributed by atoms with Gasteiger partial charge >= 0.3 is 0 Å². The third-order valence-corrected chi connectivity index (χ3v) is 4.22. The fourth-order valence-electron chi connectivity index (χ4n) is 2.89. The largest absolute Gasteiger partial charge is 0.326 e. The topological polar surface area (TPSA) is 85.8 Å². The first kappa shape index (κ1) is 16.0. The Morgan fingerprint density at radius 2 is 1.96 bits per heavy atom. The van der Waals surface area contributed by atoms with Gasteiger partial charge < -0.3 is 11.1 Å². The Bertz CT molecular complexity index is 1070. The van der Waals surface area contributed by atoms with Crippen molar-refractivity contribution in [3.8, 4) is 5.69 Å². The van der Waals surface area contributed by atoms with Gasteiger partial charge in [-0.2, -0.15) is 5.10 Å². The van der Waals surface area contributed by atoms with Gasteiger partial charge in [-0.3, -0.25) is 9.78 Å². The summed E-state index contributed by atoms with van der Waals surface area (Å²) in [5, 5.41) is 9.21. The number of hydrogen-bond acceptors (Lipinski definition) is 4. The molecule has 0 bridgehead atoms. The van der Waals surface area contributed by atoms with Crippen LogP contribution < -0.4 is 11.1 Å². The summed E-state index contributed by atoms with van der Waals surface area (Å²) in [5.41, 5.74) is 8.90. The van der Waals surface area contributed by atoms with Crippen LogP contribution in [0.2, 0.25) is 0 Å². The Balaban J connectivity index is 1.59. The number of nitrogens with zero attached hydrogens (tertiary/aromatic N) is 3. The molecule has 0 atom stereocenters. The Hall–Kier alpha value is -3.51. The summed E-state index contributed by atoms with van der Waals surface area (Å²) in [7, 11) is 0. The van der Waals surface area contributed by atoms with Crippen LogP contribution in [0.15, 0.2) is 73.3 Å². The lowest BCUT2D eigenvalue weighted by atomic mass is 10.0. The summed E-state index contributed by atoms with van der Waals surface area (Å²) >= 11 is 0. The van der Waals surface area contributed by atoms with Crippen molar-refractivity contribution in [1.29, 1.82) is 0 Å². The first-order chi connectivity index (χ1) is 12.7. The summed E-state index contributed by atoms with van der Waals surface area (Å²) in [5.74, 6) is -0.187. The van der Waals surface area contributed by atoms with Crippen molar-refractivity contribution in [2.75, 3.05) is 5.32 Å². The van der Waals surface area contributed by atoms with Gasteiger partial charge in [0.15, 0.2) is 0 Å².